The van der Waals surface area contributed by atoms with E-state index in [1.54, 1.807) is 4.31 Å². The summed E-state index contributed by atoms with van der Waals surface area (Å²) in [6, 6.07) is 0. The molecule has 1 atom stereocenters. The first kappa shape index (κ1) is 18.7. The van der Waals surface area contributed by atoms with E-state index in [-0.39, 0.29) is 24.2 Å². The van der Waals surface area contributed by atoms with Crippen LogP contribution >= 0.6 is 0 Å². The maximum Gasteiger partial charge on any atom is 0.222 e. The molecule has 2 heterocycles. The van der Waals surface area contributed by atoms with Crippen molar-refractivity contribution in [2.45, 2.75) is 51.4 Å². The van der Waals surface area contributed by atoms with Crippen molar-refractivity contribution in [3.05, 3.63) is 0 Å². The standard InChI is InChI=1S/C16H30N2O4S/c19-14-15-7-6-9-17(13-15)16(20)8-2-5-12-23(21,22)18-10-3-1-4-11-18/h15,19H,1-14H2. The first-order valence-electron chi connectivity index (χ1n) is 8.89. The molecule has 1 N–H and O–H groups in total. The molecule has 7 heteroatoms. The quantitative estimate of drug-likeness (QED) is 0.703. The molecule has 2 aliphatic heterocycles. The topological polar surface area (TPSA) is 77.9 Å². The van der Waals surface area contributed by atoms with Crippen LogP contribution in [0.25, 0.3) is 0 Å². The average Bonchev–Trinajstić information content (AvgIpc) is 2.59. The number of rotatable bonds is 7. The fourth-order valence-electron chi connectivity index (χ4n) is 3.43. The lowest BCUT2D eigenvalue weighted by Gasteiger charge is -2.32. The van der Waals surface area contributed by atoms with E-state index in [0.29, 0.717) is 38.9 Å². The smallest absolute Gasteiger partial charge is 0.222 e. The molecule has 1 unspecified atom stereocenters. The third kappa shape index (κ3) is 5.72. The van der Waals surface area contributed by atoms with Gasteiger partial charge >= 0.3 is 0 Å². The number of aliphatic hydroxyl groups is 1. The van der Waals surface area contributed by atoms with Gasteiger partial charge in [0.2, 0.25) is 15.9 Å². The van der Waals surface area contributed by atoms with Crippen molar-refractivity contribution in [3.8, 4) is 0 Å². The van der Waals surface area contributed by atoms with Crippen LogP contribution in [-0.2, 0) is 14.8 Å². The summed E-state index contributed by atoms with van der Waals surface area (Å²) in [5, 5.41) is 9.21. The van der Waals surface area contributed by atoms with Gasteiger partial charge in [-0.3, -0.25) is 4.79 Å². The summed E-state index contributed by atoms with van der Waals surface area (Å²) in [4.78, 5) is 14.0. The molecule has 0 spiro atoms. The van der Waals surface area contributed by atoms with Crippen molar-refractivity contribution in [2.75, 3.05) is 38.5 Å². The Morgan fingerprint density at radius 3 is 2.48 bits per heavy atom. The first-order chi connectivity index (χ1) is 11.0. The highest BCUT2D eigenvalue weighted by atomic mass is 32.2. The van der Waals surface area contributed by atoms with Crippen LogP contribution in [0.15, 0.2) is 0 Å². The molecule has 0 aromatic rings. The Morgan fingerprint density at radius 1 is 1.04 bits per heavy atom. The molecule has 0 saturated carbocycles. The number of amides is 1. The molecule has 0 aliphatic carbocycles. The van der Waals surface area contributed by atoms with Gasteiger partial charge in [-0.1, -0.05) is 6.42 Å². The van der Waals surface area contributed by atoms with Crippen molar-refractivity contribution in [1.29, 1.82) is 0 Å². The second-order valence-electron chi connectivity index (χ2n) is 6.76. The maximum absolute atomic E-state index is 12.2. The Bertz CT molecular complexity index is 474. The number of aliphatic hydroxyl groups excluding tert-OH is 1. The minimum absolute atomic E-state index is 0.0959. The third-order valence-corrected chi connectivity index (χ3v) is 6.84. The predicted octanol–water partition coefficient (Wildman–Crippen LogP) is 1.20. The lowest BCUT2D eigenvalue weighted by molar-refractivity contribution is -0.133. The van der Waals surface area contributed by atoms with Gasteiger partial charge in [0.25, 0.3) is 0 Å². The Labute approximate surface area is 139 Å². The Hall–Kier alpha value is -0.660. The summed E-state index contributed by atoms with van der Waals surface area (Å²) in [6.07, 6.45) is 6.53. The summed E-state index contributed by atoms with van der Waals surface area (Å²) in [5.41, 5.74) is 0. The molecule has 2 saturated heterocycles. The van der Waals surface area contributed by atoms with E-state index in [9.17, 15) is 18.3 Å². The number of carbonyl (C=O) groups excluding carboxylic acids is 1. The molecule has 0 bridgehead atoms. The molecular formula is C16H30N2O4S. The third-order valence-electron chi connectivity index (χ3n) is 4.88. The van der Waals surface area contributed by atoms with Gasteiger partial charge in [-0.05, 0) is 44.4 Å². The van der Waals surface area contributed by atoms with Gasteiger partial charge in [-0.2, -0.15) is 0 Å². The molecule has 2 fully saturated rings. The Balaban J connectivity index is 1.67. The van der Waals surface area contributed by atoms with Crippen LogP contribution in [0.4, 0.5) is 0 Å². The van der Waals surface area contributed by atoms with Crippen molar-refractivity contribution < 1.29 is 18.3 Å². The largest absolute Gasteiger partial charge is 0.396 e. The van der Waals surface area contributed by atoms with Crippen LogP contribution in [0.2, 0.25) is 0 Å². The summed E-state index contributed by atoms with van der Waals surface area (Å²) < 4.78 is 26.0. The number of likely N-dealkylation sites (tertiary alicyclic amines) is 1. The summed E-state index contributed by atoms with van der Waals surface area (Å²) in [7, 11) is -3.14. The van der Waals surface area contributed by atoms with Crippen LogP contribution in [0, 0.1) is 5.92 Å². The number of piperidine rings is 2. The van der Waals surface area contributed by atoms with E-state index >= 15 is 0 Å². The minimum atomic E-state index is -3.14. The van der Waals surface area contributed by atoms with Crippen molar-refractivity contribution in [2.24, 2.45) is 5.92 Å². The van der Waals surface area contributed by atoms with E-state index in [1.165, 1.54) is 0 Å². The van der Waals surface area contributed by atoms with Gasteiger partial charge in [-0.25, -0.2) is 12.7 Å². The first-order valence-corrected chi connectivity index (χ1v) is 10.5. The molecule has 2 aliphatic rings. The summed E-state index contributed by atoms with van der Waals surface area (Å²) in [5.74, 6) is 0.449. The highest BCUT2D eigenvalue weighted by Crippen LogP contribution is 2.18. The summed E-state index contributed by atoms with van der Waals surface area (Å²) >= 11 is 0. The second kappa shape index (κ2) is 8.99. The number of hydrogen-bond acceptors (Lipinski definition) is 4. The van der Waals surface area contributed by atoms with Crippen LogP contribution in [-0.4, -0.2) is 67.2 Å². The summed E-state index contributed by atoms with van der Waals surface area (Å²) in [6.45, 7) is 2.84. The molecular weight excluding hydrogens is 316 g/mol. The van der Waals surface area contributed by atoms with E-state index in [1.807, 2.05) is 4.90 Å². The molecule has 134 valence electrons. The zero-order valence-corrected chi connectivity index (χ0v) is 14.8. The molecule has 2 rings (SSSR count). The van der Waals surface area contributed by atoms with Crippen LogP contribution in [0.3, 0.4) is 0 Å². The van der Waals surface area contributed by atoms with Crippen LogP contribution < -0.4 is 0 Å². The molecule has 0 aromatic carbocycles. The van der Waals surface area contributed by atoms with E-state index in [2.05, 4.69) is 0 Å². The monoisotopic (exact) mass is 346 g/mol. The lowest BCUT2D eigenvalue weighted by Crippen LogP contribution is -2.41. The Morgan fingerprint density at radius 2 is 1.78 bits per heavy atom. The zero-order valence-electron chi connectivity index (χ0n) is 14.0. The fraction of sp³-hybridized carbons (Fsp3) is 0.938. The lowest BCUT2D eigenvalue weighted by atomic mass is 9.98. The highest BCUT2D eigenvalue weighted by Gasteiger charge is 2.25. The van der Waals surface area contributed by atoms with E-state index in [0.717, 1.165) is 38.6 Å². The van der Waals surface area contributed by atoms with Gasteiger partial charge in [0.15, 0.2) is 0 Å². The van der Waals surface area contributed by atoms with Gasteiger partial charge in [0, 0.05) is 39.2 Å². The molecule has 0 aromatic heterocycles. The SMILES string of the molecule is O=C(CCCCS(=O)(=O)N1CCCCC1)N1CCCC(CO)C1. The fourth-order valence-corrected chi connectivity index (χ4v) is 5.07. The molecule has 6 nitrogen and oxygen atoms in total. The normalized spacial score (nSPS) is 23.9. The molecule has 0 radical (unpaired) electrons. The van der Waals surface area contributed by atoms with Gasteiger partial charge in [-0.15, -0.1) is 0 Å². The predicted molar refractivity (Wildman–Crippen MR) is 89.5 cm³/mol. The molecule has 23 heavy (non-hydrogen) atoms. The van der Waals surface area contributed by atoms with Gasteiger partial charge in [0.05, 0.1) is 5.75 Å². The zero-order chi connectivity index (χ0) is 16.7. The van der Waals surface area contributed by atoms with Crippen LogP contribution in [0.1, 0.15) is 51.4 Å². The average molecular weight is 346 g/mol. The van der Waals surface area contributed by atoms with Crippen molar-refractivity contribution >= 4 is 15.9 Å². The minimum Gasteiger partial charge on any atom is -0.396 e. The maximum atomic E-state index is 12.2. The number of carbonyl (C=O) groups is 1. The van der Waals surface area contributed by atoms with E-state index < -0.39 is 10.0 Å². The number of nitrogens with zero attached hydrogens (tertiary/aromatic N) is 2. The number of sulfonamides is 1. The van der Waals surface area contributed by atoms with Gasteiger partial charge in [0.1, 0.15) is 0 Å². The number of unbranched alkanes of at least 4 members (excludes halogenated alkanes) is 1. The number of hydrogen-bond donors (Lipinski definition) is 1. The highest BCUT2D eigenvalue weighted by molar-refractivity contribution is 7.89. The van der Waals surface area contributed by atoms with Crippen molar-refractivity contribution in [1.82, 2.24) is 9.21 Å². The second-order valence-corrected chi connectivity index (χ2v) is 8.85. The van der Waals surface area contributed by atoms with Crippen molar-refractivity contribution in [3.63, 3.8) is 0 Å². The van der Waals surface area contributed by atoms with Crippen LogP contribution in [0.5, 0.6) is 0 Å². The Kier molecular flexibility index (Phi) is 7.30. The van der Waals surface area contributed by atoms with E-state index in [4.69, 9.17) is 0 Å². The van der Waals surface area contributed by atoms with Gasteiger partial charge < -0.3 is 10.0 Å². The molecule has 1 amide bonds.